The van der Waals surface area contributed by atoms with Gasteiger partial charge >= 0.3 is 0 Å². The molecule has 1 aromatic rings. The molecular weight excluding hydrogens is 204 g/mol. The lowest BCUT2D eigenvalue weighted by Crippen LogP contribution is -2.40. The van der Waals surface area contributed by atoms with Gasteiger partial charge in [-0.1, -0.05) is 6.92 Å². The number of hydrogen-bond acceptors (Lipinski definition) is 4. The average molecular weight is 224 g/mol. The normalized spacial score (nSPS) is 27.2. The van der Waals surface area contributed by atoms with Gasteiger partial charge in [-0.25, -0.2) is 5.43 Å². The number of hydrazine groups is 1. The first-order valence-electron chi connectivity index (χ1n) is 5.87. The highest BCUT2D eigenvalue weighted by Gasteiger charge is 2.33. The highest BCUT2D eigenvalue weighted by molar-refractivity contribution is 5.10. The van der Waals surface area contributed by atoms with Crippen molar-refractivity contribution in [2.24, 2.45) is 11.8 Å². The number of ether oxygens (including phenoxy) is 1. The van der Waals surface area contributed by atoms with Crippen molar-refractivity contribution in [1.29, 1.82) is 0 Å². The largest absolute Gasteiger partial charge is 0.376 e. The Bertz CT molecular complexity index is 338. The lowest BCUT2D eigenvalue weighted by atomic mass is 9.96. The number of aryl methyl sites for hydroxylation is 1. The minimum absolute atomic E-state index is 0.0277. The Labute approximate surface area is 95.9 Å². The van der Waals surface area contributed by atoms with Gasteiger partial charge in [0.05, 0.1) is 17.8 Å². The first-order valence-corrected chi connectivity index (χ1v) is 5.87. The molecule has 0 saturated carbocycles. The molecule has 3 N–H and O–H groups in total. The molecule has 0 radical (unpaired) electrons. The van der Waals surface area contributed by atoms with Gasteiger partial charge in [-0.3, -0.25) is 10.5 Å². The van der Waals surface area contributed by atoms with E-state index in [1.54, 1.807) is 0 Å². The Morgan fingerprint density at radius 1 is 1.75 bits per heavy atom. The maximum absolute atomic E-state index is 5.76. The summed E-state index contributed by atoms with van der Waals surface area (Å²) in [6.07, 6.45) is 3.05. The van der Waals surface area contributed by atoms with Crippen LogP contribution in [0.2, 0.25) is 0 Å². The van der Waals surface area contributed by atoms with Crippen molar-refractivity contribution in [1.82, 2.24) is 15.2 Å². The lowest BCUT2D eigenvalue weighted by Gasteiger charge is -2.25. The van der Waals surface area contributed by atoms with Crippen LogP contribution < -0.4 is 11.3 Å². The molecule has 1 aliphatic rings. The van der Waals surface area contributed by atoms with Crippen LogP contribution in [0.1, 0.15) is 32.0 Å². The van der Waals surface area contributed by atoms with E-state index < -0.39 is 0 Å². The summed E-state index contributed by atoms with van der Waals surface area (Å²) in [4.78, 5) is 0. The monoisotopic (exact) mass is 224 g/mol. The van der Waals surface area contributed by atoms with E-state index in [9.17, 15) is 0 Å². The van der Waals surface area contributed by atoms with Gasteiger partial charge in [0, 0.05) is 19.3 Å². The van der Waals surface area contributed by atoms with Gasteiger partial charge in [0.25, 0.3) is 0 Å². The van der Waals surface area contributed by atoms with Crippen LogP contribution in [-0.4, -0.2) is 22.5 Å². The fraction of sp³-hybridized carbons (Fsp3) is 0.727. The summed E-state index contributed by atoms with van der Waals surface area (Å²) in [7, 11) is 0. The number of nitrogens with zero attached hydrogens (tertiary/aromatic N) is 2. The number of rotatable bonds is 4. The van der Waals surface area contributed by atoms with E-state index >= 15 is 0 Å². The number of hydrogen-bond donors (Lipinski definition) is 2. The molecule has 0 amide bonds. The van der Waals surface area contributed by atoms with Crippen LogP contribution >= 0.6 is 0 Å². The van der Waals surface area contributed by atoms with Gasteiger partial charge in [-0.05, 0) is 25.3 Å². The molecule has 2 rings (SSSR count). The van der Waals surface area contributed by atoms with E-state index in [1.807, 2.05) is 16.9 Å². The van der Waals surface area contributed by atoms with Crippen LogP contribution in [0, 0.1) is 5.92 Å². The Kier molecular flexibility index (Phi) is 3.58. The topological polar surface area (TPSA) is 65.1 Å². The number of nitrogens with two attached hydrogens (primary N) is 1. The van der Waals surface area contributed by atoms with Gasteiger partial charge in [0.15, 0.2) is 0 Å². The Morgan fingerprint density at radius 3 is 3.12 bits per heavy atom. The molecule has 5 nitrogen and oxygen atoms in total. The first-order chi connectivity index (χ1) is 7.77. The Balaban J connectivity index is 2.21. The van der Waals surface area contributed by atoms with Crippen LogP contribution in [0.3, 0.4) is 0 Å². The molecular formula is C11H20N4O. The van der Waals surface area contributed by atoms with Crippen LogP contribution in [0.5, 0.6) is 0 Å². The second kappa shape index (κ2) is 4.95. The molecule has 1 aliphatic heterocycles. The zero-order valence-electron chi connectivity index (χ0n) is 9.89. The Morgan fingerprint density at radius 2 is 2.56 bits per heavy atom. The summed E-state index contributed by atoms with van der Waals surface area (Å²) in [5.41, 5.74) is 3.97. The molecule has 1 saturated heterocycles. The summed E-state index contributed by atoms with van der Waals surface area (Å²) < 4.78 is 7.72. The van der Waals surface area contributed by atoms with E-state index in [4.69, 9.17) is 10.6 Å². The summed E-state index contributed by atoms with van der Waals surface area (Å²) in [6, 6.07) is 2.03. The van der Waals surface area contributed by atoms with Crippen molar-refractivity contribution in [3.63, 3.8) is 0 Å². The van der Waals surface area contributed by atoms with Crippen LogP contribution in [0.15, 0.2) is 12.3 Å². The summed E-state index contributed by atoms with van der Waals surface area (Å²) in [5, 5.41) is 4.27. The molecule has 1 fully saturated rings. The van der Waals surface area contributed by atoms with Crippen LogP contribution in [0.25, 0.3) is 0 Å². The van der Waals surface area contributed by atoms with Gasteiger partial charge in [0.2, 0.25) is 0 Å². The van der Waals surface area contributed by atoms with E-state index in [2.05, 4.69) is 24.4 Å². The fourth-order valence-electron chi connectivity index (χ4n) is 2.36. The summed E-state index contributed by atoms with van der Waals surface area (Å²) >= 11 is 0. The molecule has 5 heteroatoms. The predicted molar refractivity (Wildman–Crippen MR) is 61.5 cm³/mol. The van der Waals surface area contributed by atoms with E-state index in [0.717, 1.165) is 25.3 Å². The quantitative estimate of drug-likeness (QED) is 0.587. The van der Waals surface area contributed by atoms with Crippen molar-refractivity contribution in [3.05, 3.63) is 18.0 Å². The lowest BCUT2D eigenvalue weighted by molar-refractivity contribution is 0.0580. The van der Waals surface area contributed by atoms with Gasteiger partial charge in [-0.2, -0.15) is 5.10 Å². The zero-order chi connectivity index (χ0) is 11.5. The average Bonchev–Trinajstić information content (AvgIpc) is 2.90. The predicted octanol–water partition coefficient (Wildman–Crippen LogP) is 0.832. The third-order valence-electron chi connectivity index (χ3n) is 3.32. The van der Waals surface area contributed by atoms with E-state index in [1.165, 1.54) is 0 Å². The SMILES string of the molecule is CCn1nccc1C(NN)C1OCCC1C. The van der Waals surface area contributed by atoms with Crippen molar-refractivity contribution >= 4 is 0 Å². The van der Waals surface area contributed by atoms with Crippen molar-refractivity contribution in [3.8, 4) is 0 Å². The maximum Gasteiger partial charge on any atom is 0.0892 e. The van der Waals surface area contributed by atoms with Gasteiger partial charge < -0.3 is 4.74 Å². The fourth-order valence-corrected chi connectivity index (χ4v) is 2.36. The molecule has 90 valence electrons. The zero-order valence-corrected chi connectivity index (χ0v) is 9.89. The summed E-state index contributed by atoms with van der Waals surface area (Å²) in [5.74, 6) is 6.19. The Hall–Kier alpha value is -0.910. The second-order valence-electron chi connectivity index (χ2n) is 4.32. The molecule has 0 bridgehead atoms. The molecule has 16 heavy (non-hydrogen) atoms. The smallest absolute Gasteiger partial charge is 0.0892 e. The van der Waals surface area contributed by atoms with Gasteiger partial charge in [-0.15, -0.1) is 0 Å². The minimum Gasteiger partial charge on any atom is -0.376 e. The maximum atomic E-state index is 5.76. The highest BCUT2D eigenvalue weighted by Crippen LogP contribution is 2.30. The highest BCUT2D eigenvalue weighted by atomic mass is 16.5. The number of aromatic nitrogens is 2. The third kappa shape index (κ3) is 1.98. The van der Waals surface area contributed by atoms with E-state index in [-0.39, 0.29) is 12.1 Å². The minimum atomic E-state index is 0.0277. The molecule has 0 spiro atoms. The van der Waals surface area contributed by atoms with E-state index in [0.29, 0.717) is 5.92 Å². The standard InChI is InChI=1S/C11H20N4O/c1-3-15-9(4-6-13-15)10(14-12)11-8(2)5-7-16-11/h4,6,8,10-11,14H,3,5,7,12H2,1-2H3. The van der Waals surface area contributed by atoms with Crippen molar-refractivity contribution in [2.75, 3.05) is 6.61 Å². The van der Waals surface area contributed by atoms with Crippen LogP contribution in [-0.2, 0) is 11.3 Å². The molecule has 0 aliphatic carbocycles. The third-order valence-corrected chi connectivity index (χ3v) is 3.32. The van der Waals surface area contributed by atoms with Crippen LogP contribution in [0.4, 0.5) is 0 Å². The summed E-state index contributed by atoms with van der Waals surface area (Å²) in [6.45, 7) is 5.95. The van der Waals surface area contributed by atoms with Gasteiger partial charge in [0.1, 0.15) is 0 Å². The van der Waals surface area contributed by atoms with Crippen molar-refractivity contribution in [2.45, 2.75) is 39.0 Å². The number of nitrogens with one attached hydrogen (secondary N) is 1. The molecule has 2 heterocycles. The first kappa shape index (κ1) is 11.6. The second-order valence-corrected chi connectivity index (χ2v) is 4.32. The van der Waals surface area contributed by atoms with Crippen molar-refractivity contribution < 1.29 is 4.74 Å². The molecule has 3 unspecified atom stereocenters. The molecule has 3 atom stereocenters. The molecule has 0 aromatic carbocycles. The molecule has 1 aromatic heterocycles.